The summed E-state index contributed by atoms with van der Waals surface area (Å²) >= 11 is 8.23. The largest absolute Gasteiger partial charge is 0.290 e. The van der Waals surface area contributed by atoms with Crippen molar-refractivity contribution in [3.63, 3.8) is 0 Å². The van der Waals surface area contributed by atoms with Gasteiger partial charge >= 0.3 is 0 Å². The summed E-state index contributed by atoms with van der Waals surface area (Å²) < 4.78 is 0.976. The minimum Gasteiger partial charge on any atom is -0.282 e. The molecule has 6 nitrogen and oxygen atoms in total. The van der Waals surface area contributed by atoms with Crippen LogP contribution < -0.4 is 10.6 Å². The highest BCUT2D eigenvalue weighted by atomic mass is 79.9. The molecule has 0 unspecified atom stereocenters. The van der Waals surface area contributed by atoms with Crippen molar-refractivity contribution in [2.75, 3.05) is 0 Å². The second kappa shape index (κ2) is 9.02. The average molecular weight is 501 g/mol. The Morgan fingerprint density at radius 2 is 1.44 bits per heavy atom. The quantitative estimate of drug-likeness (QED) is 0.569. The lowest BCUT2D eigenvalue weighted by Crippen LogP contribution is -2.17. The minimum atomic E-state index is -0.315. The Morgan fingerprint density at radius 1 is 0.852 bits per heavy atom. The number of rotatable bonds is 2. The van der Waals surface area contributed by atoms with Crippen LogP contribution in [0.1, 0.15) is 9.75 Å². The molecule has 4 rings (SSSR count). The maximum Gasteiger partial charge on any atom is 0.290 e. The Hall–Kier alpha value is -1.66. The van der Waals surface area contributed by atoms with Crippen LogP contribution in [0.3, 0.4) is 0 Å². The summed E-state index contributed by atoms with van der Waals surface area (Å²) in [6.45, 7) is 0. The van der Waals surface area contributed by atoms with Gasteiger partial charge in [-0.05, 0) is 69.1 Å². The van der Waals surface area contributed by atoms with E-state index in [0.29, 0.717) is 9.81 Å². The van der Waals surface area contributed by atoms with Crippen LogP contribution in [0.5, 0.6) is 0 Å². The van der Waals surface area contributed by atoms with Crippen LogP contribution in [0.2, 0.25) is 0 Å². The molecule has 0 saturated carbocycles. The SMILES string of the molecule is O=C1NC(=O)/C(=C/c2cc(Br)cs2)S1.O=C1NC(=O)/C(=C/c2cccs2)S1. The van der Waals surface area contributed by atoms with Gasteiger partial charge < -0.3 is 0 Å². The Labute approximate surface area is 178 Å². The number of carbonyl (C=O) groups is 4. The predicted octanol–water partition coefficient (Wildman–Crippen LogP) is 4.91. The van der Waals surface area contributed by atoms with E-state index < -0.39 is 0 Å². The van der Waals surface area contributed by atoms with Crippen LogP contribution in [-0.4, -0.2) is 22.3 Å². The molecule has 27 heavy (non-hydrogen) atoms. The van der Waals surface area contributed by atoms with Crippen molar-refractivity contribution in [2.24, 2.45) is 0 Å². The Kier molecular flexibility index (Phi) is 6.71. The predicted molar refractivity (Wildman–Crippen MR) is 115 cm³/mol. The second-order valence-electron chi connectivity index (χ2n) is 4.89. The molecule has 2 aromatic heterocycles. The van der Waals surface area contributed by atoms with E-state index in [1.807, 2.05) is 29.0 Å². The van der Waals surface area contributed by atoms with Crippen molar-refractivity contribution in [1.29, 1.82) is 0 Å². The highest BCUT2D eigenvalue weighted by Gasteiger charge is 2.25. The van der Waals surface area contributed by atoms with Gasteiger partial charge in [-0.1, -0.05) is 6.07 Å². The Balaban J connectivity index is 0.000000156. The zero-order valence-electron chi connectivity index (χ0n) is 13.2. The van der Waals surface area contributed by atoms with Crippen molar-refractivity contribution in [3.8, 4) is 0 Å². The topological polar surface area (TPSA) is 92.3 Å². The van der Waals surface area contributed by atoms with Crippen LogP contribution in [-0.2, 0) is 9.59 Å². The third-order valence-corrected chi connectivity index (χ3v) is 7.04. The molecule has 0 radical (unpaired) electrons. The van der Waals surface area contributed by atoms with Crippen LogP contribution in [0, 0.1) is 0 Å². The highest BCUT2D eigenvalue weighted by Crippen LogP contribution is 2.29. The molecule has 138 valence electrons. The van der Waals surface area contributed by atoms with Gasteiger partial charge in [0.25, 0.3) is 22.3 Å². The van der Waals surface area contributed by atoms with Gasteiger partial charge in [0, 0.05) is 19.6 Å². The molecule has 0 bridgehead atoms. The van der Waals surface area contributed by atoms with Crippen molar-refractivity contribution in [2.45, 2.75) is 0 Å². The van der Waals surface area contributed by atoms with Crippen LogP contribution in [0.15, 0.2) is 43.2 Å². The van der Waals surface area contributed by atoms with Gasteiger partial charge in [-0.2, -0.15) is 0 Å². The van der Waals surface area contributed by atoms with Crippen LogP contribution in [0.25, 0.3) is 12.2 Å². The second-order valence-corrected chi connectivity index (χ2v) is 9.75. The van der Waals surface area contributed by atoms with Gasteiger partial charge in [-0.3, -0.25) is 29.8 Å². The molecule has 2 N–H and O–H groups in total. The summed E-state index contributed by atoms with van der Waals surface area (Å²) in [5.74, 6) is -0.618. The van der Waals surface area contributed by atoms with E-state index in [1.54, 1.807) is 12.2 Å². The van der Waals surface area contributed by atoms with Crippen molar-refractivity contribution in [3.05, 3.63) is 53.0 Å². The molecular weight excluding hydrogens is 492 g/mol. The third-order valence-electron chi connectivity index (χ3n) is 2.96. The van der Waals surface area contributed by atoms with E-state index in [4.69, 9.17) is 0 Å². The third kappa shape index (κ3) is 5.66. The van der Waals surface area contributed by atoms with Crippen LogP contribution >= 0.6 is 62.1 Å². The van der Waals surface area contributed by atoms with E-state index in [-0.39, 0.29) is 22.3 Å². The molecule has 4 amide bonds. The van der Waals surface area contributed by atoms with Gasteiger partial charge in [0.1, 0.15) is 0 Å². The summed E-state index contributed by atoms with van der Waals surface area (Å²) in [6, 6.07) is 5.69. The van der Waals surface area contributed by atoms with E-state index >= 15 is 0 Å². The number of carbonyl (C=O) groups excluding carboxylic acids is 4. The average Bonchev–Trinajstić information content (AvgIpc) is 3.35. The fourth-order valence-electron chi connectivity index (χ4n) is 1.88. The maximum absolute atomic E-state index is 11.2. The lowest BCUT2D eigenvalue weighted by molar-refractivity contribution is -0.116. The Bertz CT molecular complexity index is 978. The van der Waals surface area contributed by atoms with Crippen molar-refractivity contribution < 1.29 is 19.2 Å². The lowest BCUT2D eigenvalue weighted by atomic mass is 10.4. The number of thiophene rings is 2. The summed E-state index contributed by atoms with van der Waals surface area (Å²) in [4.78, 5) is 46.7. The molecule has 11 heteroatoms. The molecule has 2 saturated heterocycles. The van der Waals surface area contributed by atoms with E-state index in [0.717, 1.165) is 37.8 Å². The first-order valence-electron chi connectivity index (χ1n) is 7.18. The summed E-state index contributed by atoms with van der Waals surface area (Å²) in [5.41, 5.74) is 0. The first-order valence-corrected chi connectivity index (χ1v) is 11.4. The van der Waals surface area contributed by atoms with Crippen LogP contribution in [0.4, 0.5) is 9.59 Å². The zero-order chi connectivity index (χ0) is 19.4. The molecule has 4 heterocycles. The van der Waals surface area contributed by atoms with Gasteiger partial charge in [0.2, 0.25) is 0 Å². The van der Waals surface area contributed by atoms with Gasteiger partial charge in [0.05, 0.1) is 9.81 Å². The Morgan fingerprint density at radius 3 is 1.85 bits per heavy atom. The van der Waals surface area contributed by atoms with Gasteiger partial charge in [0.15, 0.2) is 0 Å². The molecule has 0 aromatic carbocycles. The first kappa shape index (κ1) is 20.1. The number of nitrogens with one attached hydrogen (secondary N) is 2. The fraction of sp³-hybridized carbons (Fsp3) is 0. The van der Waals surface area contributed by atoms with E-state index in [2.05, 4.69) is 26.6 Å². The van der Waals surface area contributed by atoms with Crippen molar-refractivity contribution >= 4 is 96.6 Å². The summed E-state index contributed by atoms with van der Waals surface area (Å²) in [6.07, 6.45) is 3.43. The molecule has 2 aromatic rings. The van der Waals surface area contributed by atoms with Crippen molar-refractivity contribution in [1.82, 2.24) is 10.6 Å². The van der Waals surface area contributed by atoms with E-state index in [1.165, 1.54) is 22.7 Å². The molecule has 2 aliphatic rings. The molecule has 2 fully saturated rings. The number of halogens is 1. The monoisotopic (exact) mass is 500 g/mol. The molecule has 0 aliphatic carbocycles. The smallest absolute Gasteiger partial charge is 0.282 e. The molecular formula is C16H9BrN2O4S4. The fourth-order valence-corrected chi connectivity index (χ4v) is 5.41. The molecule has 2 aliphatic heterocycles. The number of thioether (sulfide) groups is 2. The number of hydrogen-bond donors (Lipinski definition) is 2. The first-order chi connectivity index (χ1) is 12.9. The minimum absolute atomic E-state index is 0.298. The maximum atomic E-state index is 11.2. The molecule has 0 spiro atoms. The zero-order valence-corrected chi connectivity index (χ0v) is 18.0. The van der Waals surface area contributed by atoms with E-state index in [9.17, 15) is 19.2 Å². The number of imide groups is 2. The normalized spacial score (nSPS) is 19.3. The summed E-state index contributed by atoms with van der Waals surface area (Å²) in [5, 5.41) is 7.64. The number of hydrogen-bond acceptors (Lipinski definition) is 8. The molecule has 0 atom stereocenters. The number of amides is 4. The van der Waals surface area contributed by atoms with Gasteiger partial charge in [-0.15, -0.1) is 22.7 Å². The highest BCUT2D eigenvalue weighted by molar-refractivity contribution is 9.10. The van der Waals surface area contributed by atoms with Gasteiger partial charge in [-0.25, -0.2) is 0 Å². The lowest BCUT2D eigenvalue weighted by Gasteiger charge is -1.87. The summed E-state index contributed by atoms with van der Waals surface area (Å²) in [7, 11) is 0. The standard InChI is InChI=1S/C8H4BrNO2S2.C8H5NO2S2/c9-4-1-5(13-3-4)2-6-7(11)10-8(12)14-6;10-7-6(13-8(11)9-7)4-5-2-1-3-12-5/h1-3H,(H,10,11,12);1-4H,(H,9,10,11)/b6-2-;6-4-.